The molecule has 0 fully saturated rings. The molecule has 2 aromatic rings. The van der Waals surface area contributed by atoms with Crippen LogP contribution in [0.4, 0.5) is 5.69 Å². The summed E-state index contributed by atoms with van der Waals surface area (Å²) >= 11 is 1.68. The summed E-state index contributed by atoms with van der Waals surface area (Å²) in [6.07, 6.45) is 0. The molecule has 2 rings (SSSR count). The minimum absolute atomic E-state index is 0.692. The average molecular weight is 207 g/mol. The minimum atomic E-state index is 0.692. The van der Waals surface area contributed by atoms with E-state index in [-0.39, 0.29) is 0 Å². The van der Waals surface area contributed by atoms with Gasteiger partial charge in [-0.3, -0.25) is 0 Å². The number of hydrogen-bond donors (Lipinski definition) is 1. The number of thiophene rings is 1. The van der Waals surface area contributed by atoms with Crippen molar-refractivity contribution < 1.29 is 4.74 Å². The lowest BCUT2D eigenvalue weighted by Crippen LogP contribution is -1.96. The molecule has 3 heteroatoms. The number of aryl methyl sites for hydroxylation is 1. The van der Waals surface area contributed by atoms with Crippen molar-refractivity contribution in [2.24, 2.45) is 0 Å². The van der Waals surface area contributed by atoms with Gasteiger partial charge in [-0.2, -0.15) is 0 Å². The van der Waals surface area contributed by atoms with Crippen LogP contribution in [0.3, 0.4) is 0 Å². The second-order valence-electron chi connectivity index (χ2n) is 3.21. The summed E-state index contributed by atoms with van der Waals surface area (Å²) in [6.45, 7) is 4.72. The van der Waals surface area contributed by atoms with Gasteiger partial charge in [0.2, 0.25) is 0 Å². The van der Waals surface area contributed by atoms with Crippen LogP contribution >= 0.6 is 11.3 Å². The molecule has 0 saturated carbocycles. The highest BCUT2D eigenvalue weighted by molar-refractivity contribution is 7.17. The summed E-state index contributed by atoms with van der Waals surface area (Å²) < 4.78 is 6.77. The topological polar surface area (TPSA) is 35.2 Å². The van der Waals surface area contributed by atoms with Crippen LogP contribution in [-0.4, -0.2) is 6.61 Å². The average Bonchev–Trinajstić information content (AvgIpc) is 2.60. The first-order valence-electron chi connectivity index (χ1n) is 4.63. The molecule has 2 N–H and O–H groups in total. The highest BCUT2D eigenvalue weighted by atomic mass is 32.1. The molecule has 0 radical (unpaired) electrons. The molecule has 14 heavy (non-hydrogen) atoms. The lowest BCUT2D eigenvalue weighted by atomic mass is 10.1. The molecule has 0 bridgehead atoms. The monoisotopic (exact) mass is 207 g/mol. The molecule has 0 aliphatic rings. The van der Waals surface area contributed by atoms with Gasteiger partial charge in [0.25, 0.3) is 0 Å². The van der Waals surface area contributed by atoms with Crippen molar-refractivity contribution in [3.63, 3.8) is 0 Å². The molecule has 1 heterocycles. The van der Waals surface area contributed by atoms with E-state index in [1.54, 1.807) is 11.3 Å². The van der Waals surface area contributed by atoms with Gasteiger partial charge in [0.1, 0.15) is 5.75 Å². The summed E-state index contributed by atoms with van der Waals surface area (Å²) in [5.41, 5.74) is 7.86. The number of anilines is 1. The zero-order valence-corrected chi connectivity index (χ0v) is 9.15. The van der Waals surface area contributed by atoms with Crippen LogP contribution < -0.4 is 10.5 Å². The van der Waals surface area contributed by atoms with E-state index in [0.29, 0.717) is 6.61 Å². The molecule has 1 aromatic carbocycles. The fraction of sp³-hybridized carbons (Fsp3) is 0.273. The Bertz CT molecular complexity index is 462. The molecule has 0 atom stereocenters. The lowest BCUT2D eigenvalue weighted by molar-refractivity contribution is 0.342. The SMILES string of the molecule is CCOc1c(C)cc(N)c2ccsc12. The molecule has 0 unspecified atom stereocenters. The van der Waals surface area contributed by atoms with E-state index in [2.05, 4.69) is 0 Å². The van der Waals surface area contributed by atoms with Crippen molar-refractivity contribution in [3.8, 4) is 5.75 Å². The van der Waals surface area contributed by atoms with E-state index in [4.69, 9.17) is 10.5 Å². The summed E-state index contributed by atoms with van der Waals surface area (Å²) in [5.74, 6) is 0.978. The van der Waals surface area contributed by atoms with Crippen LogP contribution in [0.25, 0.3) is 10.1 Å². The van der Waals surface area contributed by atoms with E-state index in [0.717, 1.165) is 27.1 Å². The van der Waals surface area contributed by atoms with Gasteiger partial charge in [-0.1, -0.05) is 0 Å². The highest BCUT2D eigenvalue weighted by Gasteiger charge is 2.09. The maximum atomic E-state index is 5.92. The Kier molecular flexibility index (Phi) is 2.33. The number of hydrogen-bond acceptors (Lipinski definition) is 3. The lowest BCUT2D eigenvalue weighted by Gasteiger charge is -2.09. The summed E-state index contributed by atoms with van der Waals surface area (Å²) in [4.78, 5) is 0. The normalized spacial score (nSPS) is 10.7. The predicted octanol–water partition coefficient (Wildman–Crippen LogP) is 3.19. The Balaban J connectivity index is 2.73. The van der Waals surface area contributed by atoms with Crippen molar-refractivity contribution in [2.45, 2.75) is 13.8 Å². The van der Waals surface area contributed by atoms with Crippen LogP contribution in [0.2, 0.25) is 0 Å². The molecule has 0 amide bonds. The Morgan fingerprint density at radius 3 is 3.00 bits per heavy atom. The Hall–Kier alpha value is -1.22. The van der Waals surface area contributed by atoms with E-state index < -0.39 is 0 Å². The van der Waals surface area contributed by atoms with Crippen molar-refractivity contribution in [1.29, 1.82) is 0 Å². The van der Waals surface area contributed by atoms with Crippen molar-refractivity contribution in [2.75, 3.05) is 12.3 Å². The molecule has 0 saturated heterocycles. The first kappa shape index (κ1) is 9.34. The van der Waals surface area contributed by atoms with Gasteiger partial charge >= 0.3 is 0 Å². The van der Waals surface area contributed by atoms with Crippen molar-refractivity contribution >= 4 is 27.1 Å². The van der Waals surface area contributed by atoms with Gasteiger partial charge in [0, 0.05) is 11.1 Å². The number of fused-ring (bicyclic) bond motifs is 1. The second-order valence-corrected chi connectivity index (χ2v) is 4.12. The fourth-order valence-corrected chi connectivity index (χ4v) is 2.57. The molecule has 0 aliphatic carbocycles. The van der Waals surface area contributed by atoms with Gasteiger partial charge in [-0.05, 0) is 36.9 Å². The third-order valence-electron chi connectivity index (χ3n) is 2.20. The van der Waals surface area contributed by atoms with Gasteiger partial charge in [-0.25, -0.2) is 0 Å². The number of ether oxygens (including phenoxy) is 1. The quantitative estimate of drug-likeness (QED) is 0.767. The summed E-state index contributed by atoms with van der Waals surface area (Å²) in [5, 5.41) is 3.15. The van der Waals surface area contributed by atoms with Crippen LogP contribution in [0.1, 0.15) is 12.5 Å². The first-order valence-corrected chi connectivity index (χ1v) is 5.51. The second kappa shape index (κ2) is 3.50. The van der Waals surface area contributed by atoms with Gasteiger partial charge in [0.15, 0.2) is 0 Å². The van der Waals surface area contributed by atoms with Crippen LogP contribution in [0.5, 0.6) is 5.75 Å². The molecular formula is C11H13NOS. The highest BCUT2D eigenvalue weighted by Crippen LogP contribution is 2.37. The third-order valence-corrected chi connectivity index (χ3v) is 3.11. The number of nitrogens with two attached hydrogens (primary N) is 1. The van der Waals surface area contributed by atoms with E-state index in [1.807, 2.05) is 31.4 Å². The Morgan fingerprint density at radius 1 is 1.50 bits per heavy atom. The maximum Gasteiger partial charge on any atom is 0.140 e. The minimum Gasteiger partial charge on any atom is -0.492 e. The van der Waals surface area contributed by atoms with Gasteiger partial charge < -0.3 is 10.5 Å². The summed E-state index contributed by atoms with van der Waals surface area (Å²) in [6, 6.07) is 4.01. The zero-order chi connectivity index (χ0) is 10.1. The van der Waals surface area contributed by atoms with E-state index in [9.17, 15) is 0 Å². The van der Waals surface area contributed by atoms with Crippen LogP contribution in [0.15, 0.2) is 17.5 Å². The Morgan fingerprint density at radius 2 is 2.29 bits per heavy atom. The zero-order valence-electron chi connectivity index (χ0n) is 8.33. The van der Waals surface area contributed by atoms with Crippen LogP contribution in [-0.2, 0) is 0 Å². The number of rotatable bonds is 2. The number of nitrogen functional groups attached to an aromatic ring is 1. The first-order chi connectivity index (χ1) is 6.74. The molecule has 1 aromatic heterocycles. The molecule has 0 aliphatic heterocycles. The Labute approximate surface area is 87.3 Å². The maximum absolute atomic E-state index is 5.92. The molecule has 74 valence electrons. The third kappa shape index (κ3) is 1.34. The van der Waals surface area contributed by atoms with Crippen LogP contribution in [0, 0.1) is 6.92 Å². The molecule has 2 nitrogen and oxygen atoms in total. The van der Waals surface area contributed by atoms with E-state index in [1.165, 1.54) is 0 Å². The molecule has 0 spiro atoms. The van der Waals surface area contributed by atoms with E-state index >= 15 is 0 Å². The smallest absolute Gasteiger partial charge is 0.140 e. The summed E-state index contributed by atoms with van der Waals surface area (Å²) in [7, 11) is 0. The van der Waals surface area contributed by atoms with Gasteiger partial charge in [-0.15, -0.1) is 11.3 Å². The molecular weight excluding hydrogens is 194 g/mol. The number of benzene rings is 1. The standard InChI is InChI=1S/C11H13NOS/c1-3-13-10-7(2)6-9(12)8-4-5-14-11(8)10/h4-6H,3,12H2,1-2H3. The van der Waals surface area contributed by atoms with Crippen molar-refractivity contribution in [3.05, 3.63) is 23.1 Å². The van der Waals surface area contributed by atoms with Crippen molar-refractivity contribution in [1.82, 2.24) is 0 Å². The van der Waals surface area contributed by atoms with Gasteiger partial charge in [0.05, 0.1) is 11.3 Å². The predicted molar refractivity (Wildman–Crippen MR) is 62.1 cm³/mol. The largest absolute Gasteiger partial charge is 0.492 e. The fourth-order valence-electron chi connectivity index (χ4n) is 1.59.